The number of hydrogen-bond acceptors (Lipinski definition) is 3. The Morgan fingerprint density at radius 1 is 1.14 bits per heavy atom. The predicted molar refractivity (Wildman–Crippen MR) is 79.6 cm³/mol. The first-order valence-electron chi connectivity index (χ1n) is 7.10. The van der Waals surface area contributed by atoms with Gasteiger partial charge in [-0.05, 0) is 31.2 Å². The summed E-state index contributed by atoms with van der Waals surface area (Å²) in [6.07, 6.45) is -0.396. The van der Waals surface area contributed by atoms with Crippen molar-refractivity contribution < 1.29 is 14.7 Å². The Morgan fingerprint density at radius 2 is 1.76 bits per heavy atom. The van der Waals surface area contributed by atoms with Gasteiger partial charge in [0.15, 0.2) is 0 Å². The summed E-state index contributed by atoms with van der Waals surface area (Å²) in [5.74, 6) is 0.0679. The number of piperazine rings is 1. The average molecular weight is 291 g/mol. The summed E-state index contributed by atoms with van der Waals surface area (Å²) in [7, 11) is 2.06. The molecule has 1 heterocycles. The zero-order valence-corrected chi connectivity index (χ0v) is 12.2. The lowest BCUT2D eigenvalue weighted by molar-refractivity contribution is 0.0664. The Bertz CT molecular complexity index is 493. The molecular weight excluding hydrogens is 270 g/mol. The van der Waals surface area contributed by atoms with Crippen LogP contribution in [0.25, 0.3) is 0 Å². The van der Waals surface area contributed by atoms with Gasteiger partial charge in [-0.15, -0.1) is 0 Å². The van der Waals surface area contributed by atoms with Crippen molar-refractivity contribution in [2.24, 2.45) is 0 Å². The second-order valence-corrected chi connectivity index (χ2v) is 5.27. The second-order valence-electron chi connectivity index (χ2n) is 5.27. The SMILES string of the molecule is CN1CCN(C(=O)c2ccc(CCNC(=O)O)cc2)CC1. The minimum Gasteiger partial charge on any atom is -0.465 e. The molecule has 2 amide bonds. The van der Waals surface area contributed by atoms with E-state index in [1.54, 1.807) is 0 Å². The van der Waals surface area contributed by atoms with Crippen molar-refractivity contribution in [1.29, 1.82) is 0 Å². The number of carbonyl (C=O) groups is 2. The fourth-order valence-electron chi connectivity index (χ4n) is 2.32. The van der Waals surface area contributed by atoms with Crippen LogP contribution in [0.3, 0.4) is 0 Å². The highest BCUT2D eigenvalue weighted by Crippen LogP contribution is 2.10. The molecule has 2 rings (SSSR count). The summed E-state index contributed by atoms with van der Waals surface area (Å²) in [6.45, 7) is 3.72. The molecule has 1 aromatic carbocycles. The maximum Gasteiger partial charge on any atom is 0.404 e. The van der Waals surface area contributed by atoms with E-state index in [9.17, 15) is 9.59 Å². The Labute approximate surface area is 124 Å². The third-order valence-electron chi connectivity index (χ3n) is 3.68. The molecule has 114 valence electrons. The highest BCUT2D eigenvalue weighted by molar-refractivity contribution is 5.94. The van der Waals surface area contributed by atoms with Crippen molar-refractivity contribution in [3.8, 4) is 0 Å². The Kier molecular flexibility index (Phi) is 5.16. The lowest BCUT2D eigenvalue weighted by Crippen LogP contribution is -2.47. The van der Waals surface area contributed by atoms with E-state index in [1.165, 1.54) is 0 Å². The smallest absolute Gasteiger partial charge is 0.404 e. The molecule has 0 unspecified atom stereocenters. The fraction of sp³-hybridized carbons (Fsp3) is 0.467. The van der Waals surface area contributed by atoms with E-state index in [0.717, 1.165) is 31.7 Å². The Balaban J connectivity index is 1.89. The quantitative estimate of drug-likeness (QED) is 0.864. The molecule has 1 aromatic rings. The summed E-state index contributed by atoms with van der Waals surface area (Å²) in [5.41, 5.74) is 1.70. The third-order valence-corrected chi connectivity index (χ3v) is 3.68. The molecule has 6 heteroatoms. The first-order valence-corrected chi connectivity index (χ1v) is 7.10. The third kappa shape index (κ3) is 4.46. The maximum absolute atomic E-state index is 12.3. The molecule has 0 atom stereocenters. The molecule has 0 aliphatic carbocycles. The largest absolute Gasteiger partial charge is 0.465 e. The average Bonchev–Trinajstić information content (AvgIpc) is 2.48. The molecule has 0 bridgehead atoms. The van der Waals surface area contributed by atoms with Gasteiger partial charge in [0.1, 0.15) is 0 Å². The van der Waals surface area contributed by atoms with Crippen LogP contribution in [0, 0.1) is 0 Å². The molecule has 6 nitrogen and oxygen atoms in total. The second kappa shape index (κ2) is 7.08. The van der Waals surface area contributed by atoms with Gasteiger partial charge in [0, 0.05) is 38.3 Å². The maximum atomic E-state index is 12.3. The van der Waals surface area contributed by atoms with E-state index in [4.69, 9.17) is 5.11 Å². The topological polar surface area (TPSA) is 72.9 Å². The number of likely N-dealkylation sites (N-methyl/N-ethyl adjacent to an activating group) is 1. The van der Waals surface area contributed by atoms with E-state index >= 15 is 0 Å². The van der Waals surface area contributed by atoms with Gasteiger partial charge in [0.2, 0.25) is 0 Å². The molecule has 1 aliphatic heterocycles. The molecule has 0 spiro atoms. The van der Waals surface area contributed by atoms with Gasteiger partial charge in [0.25, 0.3) is 5.91 Å². The summed E-state index contributed by atoms with van der Waals surface area (Å²) >= 11 is 0. The van der Waals surface area contributed by atoms with Gasteiger partial charge in [0.05, 0.1) is 0 Å². The van der Waals surface area contributed by atoms with Gasteiger partial charge < -0.3 is 20.2 Å². The molecule has 0 aromatic heterocycles. The molecule has 2 N–H and O–H groups in total. The number of benzene rings is 1. The van der Waals surface area contributed by atoms with E-state index in [2.05, 4.69) is 17.3 Å². The van der Waals surface area contributed by atoms with Crippen molar-refractivity contribution >= 4 is 12.0 Å². The van der Waals surface area contributed by atoms with Gasteiger partial charge in [-0.2, -0.15) is 0 Å². The minimum absolute atomic E-state index is 0.0679. The Morgan fingerprint density at radius 3 is 2.33 bits per heavy atom. The minimum atomic E-state index is -1.02. The monoisotopic (exact) mass is 291 g/mol. The van der Waals surface area contributed by atoms with Crippen molar-refractivity contribution in [1.82, 2.24) is 15.1 Å². The van der Waals surface area contributed by atoms with Gasteiger partial charge in [-0.3, -0.25) is 4.79 Å². The van der Waals surface area contributed by atoms with Crippen LogP contribution in [0.1, 0.15) is 15.9 Å². The number of carbonyl (C=O) groups excluding carboxylic acids is 1. The molecular formula is C15H21N3O3. The predicted octanol–water partition coefficient (Wildman–Crippen LogP) is 0.884. The molecule has 1 saturated heterocycles. The van der Waals surface area contributed by atoms with Crippen LogP contribution in [0.2, 0.25) is 0 Å². The van der Waals surface area contributed by atoms with Crippen LogP contribution in [0.5, 0.6) is 0 Å². The summed E-state index contributed by atoms with van der Waals surface area (Å²) in [6, 6.07) is 7.40. The van der Waals surface area contributed by atoms with Gasteiger partial charge in [-0.1, -0.05) is 12.1 Å². The van der Waals surface area contributed by atoms with Gasteiger partial charge >= 0.3 is 6.09 Å². The van der Waals surface area contributed by atoms with Crippen LogP contribution in [0.4, 0.5) is 4.79 Å². The van der Waals surface area contributed by atoms with E-state index in [0.29, 0.717) is 18.5 Å². The molecule has 1 aliphatic rings. The van der Waals surface area contributed by atoms with Crippen LogP contribution in [0.15, 0.2) is 24.3 Å². The van der Waals surface area contributed by atoms with Crippen molar-refractivity contribution in [3.05, 3.63) is 35.4 Å². The number of nitrogens with one attached hydrogen (secondary N) is 1. The Hall–Kier alpha value is -2.08. The molecule has 0 radical (unpaired) electrons. The highest BCUT2D eigenvalue weighted by atomic mass is 16.4. The lowest BCUT2D eigenvalue weighted by atomic mass is 10.1. The number of carboxylic acid groups (broad SMARTS) is 1. The lowest BCUT2D eigenvalue weighted by Gasteiger charge is -2.32. The van der Waals surface area contributed by atoms with Crippen LogP contribution >= 0.6 is 0 Å². The number of nitrogens with zero attached hydrogens (tertiary/aromatic N) is 2. The molecule has 1 fully saturated rings. The summed E-state index contributed by atoms with van der Waals surface area (Å²) in [4.78, 5) is 26.8. The summed E-state index contributed by atoms with van der Waals surface area (Å²) < 4.78 is 0. The van der Waals surface area contributed by atoms with Crippen LogP contribution < -0.4 is 5.32 Å². The molecule has 21 heavy (non-hydrogen) atoms. The fourth-order valence-corrected chi connectivity index (χ4v) is 2.32. The van der Waals surface area contributed by atoms with E-state index in [-0.39, 0.29) is 5.91 Å². The zero-order valence-electron chi connectivity index (χ0n) is 12.2. The number of amides is 2. The first-order chi connectivity index (χ1) is 10.1. The van der Waals surface area contributed by atoms with Gasteiger partial charge in [-0.25, -0.2) is 4.79 Å². The van der Waals surface area contributed by atoms with Crippen LogP contribution in [-0.4, -0.2) is 66.7 Å². The molecule has 0 saturated carbocycles. The normalized spacial score (nSPS) is 15.8. The zero-order chi connectivity index (χ0) is 15.2. The van der Waals surface area contributed by atoms with E-state index < -0.39 is 6.09 Å². The van der Waals surface area contributed by atoms with Crippen molar-refractivity contribution in [3.63, 3.8) is 0 Å². The number of rotatable bonds is 4. The standard InChI is InChI=1S/C15H21N3O3/c1-17-8-10-18(11-9-17)14(19)13-4-2-12(3-5-13)6-7-16-15(20)21/h2-5,16H,6-11H2,1H3,(H,20,21). The highest BCUT2D eigenvalue weighted by Gasteiger charge is 2.19. The number of hydrogen-bond donors (Lipinski definition) is 2. The van der Waals surface area contributed by atoms with E-state index in [1.807, 2.05) is 29.2 Å². The first kappa shape index (κ1) is 15.3. The van der Waals surface area contributed by atoms with Crippen molar-refractivity contribution in [2.75, 3.05) is 39.8 Å². The van der Waals surface area contributed by atoms with Crippen molar-refractivity contribution in [2.45, 2.75) is 6.42 Å². The summed E-state index contributed by atoms with van der Waals surface area (Å²) in [5, 5.41) is 10.8. The van der Waals surface area contributed by atoms with Crippen LogP contribution in [-0.2, 0) is 6.42 Å².